The van der Waals surface area contributed by atoms with E-state index in [4.69, 9.17) is 18.9 Å². The van der Waals surface area contributed by atoms with Crippen molar-refractivity contribution in [2.45, 2.75) is 44.8 Å². The maximum absolute atomic E-state index is 13.6. The second-order valence-electron chi connectivity index (χ2n) is 9.87. The molecule has 2 aliphatic heterocycles. The summed E-state index contributed by atoms with van der Waals surface area (Å²) < 4.78 is 21.7. The molecular formula is C27H30O6. The molecule has 3 aliphatic rings. The minimum atomic E-state index is -0.946. The highest BCUT2D eigenvalue weighted by Gasteiger charge is 2.58. The van der Waals surface area contributed by atoms with Crippen LogP contribution in [0.3, 0.4) is 0 Å². The summed E-state index contributed by atoms with van der Waals surface area (Å²) in [6, 6.07) is 16.3. The van der Waals surface area contributed by atoms with Gasteiger partial charge in [0.05, 0.1) is 24.5 Å². The van der Waals surface area contributed by atoms with Gasteiger partial charge in [0.25, 0.3) is 0 Å². The van der Waals surface area contributed by atoms with Crippen LogP contribution in [0.5, 0.6) is 0 Å². The first-order chi connectivity index (χ1) is 15.8. The van der Waals surface area contributed by atoms with Gasteiger partial charge in [-0.1, -0.05) is 55.5 Å². The highest BCUT2D eigenvalue weighted by Crippen LogP contribution is 2.60. The molecule has 0 N–H and O–H groups in total. The normalized spacial score (nSPS) is 22.6. The molecule has 2 aromatic rings. The largest absolute Gasteiger partial charge is 0.463 e. The molecule has 2 aromatic carbocycles. The quantitative estimate of drug-likeness (QED) is 0.426. The third kappa shape index (κ3) is 3.85. The van der Waals surface area contributed by atoms with Gasteiger partial charge in [0, 0.05) is 5.41 Å². The van der Waals surface area contributed by atoms with Crippen LogP contribution in [-0.2, 0) is 34.0 Å². The number of hydrogen-bond acceptors (Lipinski definition) is 6. The molecular weight excluding hydrogens is 420 g/mol. The lowest BCUT2D eigenvalue weighted by Gasteiger charge is -2.45. The van der Waals surface area contributed by atoms with Crippen molar-refractivity contribution in [1.82, 2.24) is 0 Å². The van der Waals surface area contributed by atoms with Gasteiger partial charge >= 0.3 is 11.9 Å². The lowest BCUT2D eigenvalue weighted by atomic mass is 9.57. The Hall–Kier alpha value is -2.70. The van der Waals surface area contributed by atoms with E-state index in [1.165, 1.54) is 0 Å². The number of fused-ring (bicyclic) bond motifs is 3. The van der Waals surface area contributed by atoms with Crippen LogP contribution >= 0.6 is 0 Å². The van der Waals surface area contributed by atoms with Gasteiger partial charge in [0.2, 0.25) is 0 Å². The van der Waals surface area contributed by atoms with Crippen LogP contribution in [0.1, 0.15) is 38.3 Å². The summed E-state index contributed by atoms with van der Waals surface area (Å²) in [6.07, 6.45) is 0.425. The number of hydrogen-bond donors (Lipinski definition) is 0. The zero-order chi connectivity index (χ0) is 23.2. The average molecular weight is 451 g/mol. The van der Waals surface area contributed by atoms with Crippen molar-refractivity contribution in [3.05, 3.63) is 59.7 Å². The molecule has 0 radical (unpaired) electrons. The Bertz CT molecular complexity index is 1020. The van der Waals surface area contributed by atoms with E-state index in [9.17, 15) is 9.59 Å². The molecule has 1 aliphatic carbocycles. The number of epoxide rings is 2. The molecule has 0 amide bonds. The molecule has 3 unspecified atom stereocenters. The van der Waals surface area contributed by atoms with Crippen molar-refractivity contribution in [2.24, 2.45) is 11.3 Å². The third-order valence-electron chi connectivity index (χ3n) is 7.27. The zero-order valence-electron chi connectivity index (χ0n) is 19.3. The summed E-state index contributed by atoms with van der Waals surface area (Å²) in [4.78, 5) is 26.5. The van der Waals surface area contributed by atoms with E-state index in [1.807, 2.05) is 45.0 Å². The molecule has 0 aromatic heterocycles. The monoisotopic (exact) mass is 450 g/mol. The number of benzene rings is 2. The molecule has 0 spiro atoms. The first-order valence-electron chi connectivity index (χ1n) is 11.6. The van der Waals surface area contributed by atoms with Crippen molar-refractivity contribution in [2.75, 3.05) is 26.4 Å². The van der Waals surface area contributed by atoms with E-state index in [1.54, 1.807) is 0 Å². The van der Waals surface area contributed by atoms with Crippen LogP contribution in [0, 0.1) is 11.3 Å². The van der Waals surface area contributed by atoms with Gasteiger partial charge < -0.3 is 18.9 Å². The third-order valence-corrected chi connectivity index (χ3v) is 7.27. The summed E-state index contributed by atoms with van der Waals surface area (Å²) in [5.41, 5.74) is 2.56. The van der Waals surface area contributed by atoms with E-state index >= 15 is 0 Å². The van der Waals surface area contributed by atoms with Crippen LogP contribution in [0.2, 0.25) is 0 Å². The number of ether oxygens (including phenoxy) is 4. The lowest BCUT2D eigenvalue weighted by Crippen LogP contribution is -2.49. The highest BCUT2D eigenvalue weighted by molar-refractivity contribution is 5.88. The molecule has 3 atom stereocenters. The highest BCUT2D eigenvalue weighted by atomic mass is 16.6. The Labute approximate surface area is 194 Å². The lowest BCUT2D eigenvalue weighted by molar-refractivity contribution is -0.160. The molecule has 0 bridgehead atoms. The van der Waals surface area contributed by atoms with E-state index in [-0.39, 0.29) is 37.4 Å². The number of carbonyl (C=O) groups is 2. The average Bonchev–Trinajstić information content (AvgIpc) is 3.75. The molecule has 6 nitrogen and oxygen atoms in total. The summed E-state index contributed by atoms with van der Waals surface area (Å²) in [7, 11) is 0. The maximum atomic E-state index is 13.6. The van der Waals surface area contributed by atoms with E-state index < -0.39 is 16.7 Å². The van der Waals surface area contributed by atoms with E-state index in [2.05, 4.69) is 24.3 Å². The SMILES string of the molecule is CC(CC1(C(C)(C)C(=O)OCC2CO2)c2ccccc2-c2ccccc21)C(=O)OCC1CO1. The smallest absolute Gasteiger partial charge is 0.312 e. The predicted octanol–water partition coefficient (Wildman–Crippen LogP) is 3.89. The van der Waals surface area contributed by atoms with Crippen LogP contribution in [0.4, 0.5) is 0 Å². The van der Waals surface area contributed by atoms with Crippen LogP contribution in [0.15, 0.2) is 48.5 Å². The Balaban J connectivity index is 1.56. The summed E-state index contributed by atoms with van der Waals surface area (Å²) in [5, 5.41) is 0. The van der Waals surface area contributed by atoms with Gasteiger partial charge in [-0.15, -0.1) is 0 Å². The van der Waals surface area contributed by atoms with Crippen molar-refractivity contribution in [3.63, 3.8) is 0 Å². The fourth-order valence-corrected chi connectivity index (χ4v) is 5.19. The van der Waals surface area contributed by atoms with Crippen LogP contribution in [0.25, 0.3) is 11.1 Å². The van der Waals surface area contributed by atoms with Crippen LogP contribution < -0.4 is 0 Å². The van der Waals surface area contributed by atoms with Crippen molar-refractivity contribution in [1.29, 1.82) is 0 Å². The molecule has 2 heterocycles. The Morgan fingerprint density at radius 3 is 1.94 bits per heavy atom. The first kappa shape index (κ1) is 22.1. The minimum Gasteiger partial charge on any atom is -0.463 e. The molecule has 6 heteroatoms. The molecule has 5 rings (SSSR count). The summed E-state index contributed by atoms with van der Waals surface area (Å²) in [5.74, 6) is -0.999. The molecule has 0 saturated carbocycles. The Morgan fingerprint density at radius 2 is 1.42 bits per heavy atom. The zero-order valence-corrected chi connectivity index (χ0v) is 19.3. The summed E-state index contributed by atoms with van der Waals surface area (Å²) in [6.45, 7) is 7.52. The van der Waals surface area contributed by atoms with Gasteiger partial charge in [0.1, 0.15) is 25.4 Å². The van der Waals surface area contributed by atoms with Crippen molar-refractivity contribution >= 4 is 11.9 Å². The van der Waals surface area contributed by atoms with E-state index in [0.717, 1.165) is 22.3 Å². The van der Waals surface area contributed by atoms with Gasteiger partial charge in [-0.05, 0) is 42.5 Å². The fraction of sp³-hybridized carbons (Fsp3) is 0.481. The predicted molar refractivity (Wildman–Crippen MR) is 122 cm³/mol. The Kier molecular flexibility index (Phi) is 5.53. The van der Waals surface area contributed by atoms with Crippen LogP contribution in [-0.4, -0.2) is 50.6 Å². The topological polar surface area (TPSA) is 77.7 Å². The maximum Gasteiger partial charge on any atom is 0.312 e. The molecule has 33 heavy (non-hydrogen) atoms. The van der Waals surface area contributed by atoms with Gasteiger partial charge in [-0.25, -0.2) is 0 Å². The van der Waals surface area contributed by atoms with Gasteiger partial charge in [-0.2, -0.15) is 0 Å². The number of carbonyl (C=O) groups excluding carboxylic acids is 2. The second kappa shape index (κ2) is 8.26. The van der Waals surface area contributed by atoms with Gasteiger partial charge in [0.15, 0.2) is 0 Å². The standard InChI is InChI=1S/C27H30O6/c1-17(24(28)32-15-18-13-30-18)12-27(26(2,3)25(29)33-16-19-14-31-19)22-10-6-4-8-20(22)21-9-5-7-11-23(21)27/h4-11,17-19H,12-16H2,1-3H3. The van der Waals surface area contributed by atoms with Crippen molar-refractivity contribution < 1.29 is 28.5 Å². The first-order valence-corrected chi connectivity index (χ1v) is 11.6. The van der Waals surface area contributed by atoms with Crippen molar-refractivity contribution in [3.8, 4) is 11.1 Å². The summed E-state index contributed by atoms with van der Waals surface area (Å²) >= 11 is 0. The van der Waals surface area contributed by atoms with E-state index in [0.29, 0.717) is 19.6 Å². The number of esters is 2. The fourth-order valence-electron chi connectivity index (χ4n) is 5.19. The number of rotatable bonds is 9. The molecule has 174 valence electrons. The Morgan fingerprint density at radius 1 is 0.939 bits per heavy atom. The molecule has 2 fully saturated rings. The second-order valence-corrected chi connectivity index (χ2v) is 9.87. The van der Waals surface area contributed by atoms with Gasteiger partial charge in [-0.3, -0.25) is 9.59 Å². The minimum absolute atomic E-state index is 0.0117. The molecule has 2 saturated heterocycles.